The van der Waals surface area contributed by atoms with E-state index in [1.165, 1.54) is 0 Å². The normalized spacial score (nSPS) is 20.3. The summed E-state index contributed by atoms with van der Waals surface area (Å²) in [6.07, 6.45) is 1.74. The number of pyridine rings is 1. The smallest absolute Gasteiger partial charge is 0.146 e. The minimum absolute atomic E-state index is 0.306. The zero-order valence-electron chi connectivity index (χ0n) is 9.23. The molecule has 0 aliphatic carbocycles. The molecule has 1 saturated heterocycles. The molecule has 0 atom stereocenters. The third-order valence-corrected chi connectivity index (χ3v) is 3.88. The first kappa shape index (κ1) is 10.6. The average molecular weight is 223 g/mol. The van der Waals surface area contributed by atoms with Crippen molar-refractivity contribution in [2.45, 2.75) is 18.6 Å². The molecule has 82 valence electrons. The van der Waals surface area contributed by atoms with Crippen molar-refractivity contribution in [3.8, 4) is 0 Å². The lowest BCUT2D eigenvalue weighted by Gasteiger charge is -2.39. The molecule has 1 aliphatic heterocycles. The highest BCUT2D eigenvalue weighted by Gasteiger charge is 2.27. The van der Waals surface area contributed by atoms with Gasteiger partial charge in [0.25, 0.3) is 0 Å². The van der Waals surface area contributed by atoms with Crippen molar-refractivity contribution >= 4 is 23.3 Å². The van der Waals surface area contributed by atoms with Gasteiger partial charge in [0.15, 0.2) is 0 Å². The fraction of sp³-hybridized carbons (Fsp3) is 0.545. The van der Waals surface area contributed by atoms with Crippen LogP contribution in [0.1, 0.15) is 13.8 Å². The molecule has 1 fully saturated rings. The average Bonchev–Trinajstić information content (AvgIpc) is 2.17. The maximum absolute atomic E-state index is 5.88. The molecule has 0 bridgehead atoms. The van der Waals surface area contributed by atoms with Gasteiger partial charge in [0.1, 0.15) is 5.82 Å². The molecule has 0 spiro atoms. The first-order valence-electron chi connectivity index (χ1n) is 5.18. The molecule has 4 heteroatoms. The van der Waals surface area contributed by atoms with E-state index >= 15 is 0 Å². The molecular weight excluding hydrogens is 206 g/mol. The van der Waals surface area contributed by atoms with Gasteiger partial charge in [-0.2, -0.15) is 11.8 Å². The van der Waals surface area contributed by atoms with Crippen molar-refractivity contribution in [3.63, 3.8) is 0 Å². The van der Waals surface area contributed by atoms with Crippen LogP contribution in [0.2, 0.25) is 0 Å². The molecule has 15 heavy (non-hydrogen) atoms. The lowest BCUT2D eigenvalue weighted by molar-refractivity contribution is 0.648. The first-order chi connectivity index (χ1) is 7.08. The van der Waals surface area contributed by atoms with E-state index < -0.39 is 0 Å². The van der Waals surface area contributed by atoms with E-state index in [1.807, 2.05) is 17.8 Å². The van der Waals surface area contributed by atoms with E-state index in [1.54, 1.807) is 6.20 Å². The Kier molecular flexibility index (Phi) is 2.78. The van der Waals surface area contributed by atoms with Crippen LogP contribution < -0.4 is 10.6 Å². The Bertz CT molecular complexity index is 351. The third kappa shape index (κ3) is 2.37. The zero-order valence-corrected chi connectivity index (χ0v) is 10.0. The molecule has 1 aromatic heterocycles. The van der Waals surface area contributed by atoms with Gasteiger partial charge in [-0.3, -0.25) is 0 Å². The van der Waals surface area contributed by atoms with E-state index in [0.717, 1.165) is 24.5 Å². The van der Waals surface area contributed by atoms with Crippen LogP contribution in [0, 0.1) is 0 Å². The summed E-state index contributed by atoms with van der Waals surface area (Å²) in [5.41, 5.74) is 6.96. The Hall–Kier alpha value is -0.900. The van der Waals surface area contributed by atoms with Crippen molar-refractivity contribution in [1.82, 2.24) is 4.98 Å². The third-order valence-electron chi connectivity index (χ3n) is 2.58. The Morgan fingerprint density at radius 1 is 1.53 bits per heavy atom. The molecule has 2 N–H and O–H groups in total. The fourth-order valence-electron chi connectivity index (χ4n) is 1.90. The van der Waals surface area contributed by atoms with Gasteiger partial charge in [-0.1, -0.05) is 0 Å². The van der Waals surface area contributed by atoms with Crippen molar-refractivity contribution in [3.05, 3.63) is 18.3 Å². The molecule has 0 aromatic carbocycles. The number of hydrogen-bond donors (Lipinski definition) is 1. The summed E-state index contributed by atoms with van der Waals surface area (Å²) >= 11 is 2.02. The van der Waals surface area contributed by atoms with Gasteiger partial charge in [0.2, 0.25) is 0 Å². The number of nitrogen functional groups attached to an aromatic ring is 1. The van der Waals surface area contributed by atoms with E-state index in [-0.39, 0.29) is 0 Å². The molecule has 2 rings (SSSR count). The molecule has 2 heterocycles. The van der Waals surface area contributed by atoms with Gasteiger partial charge < -0.3 is 10.6 Å². The van der Waals surface area contributed by atoms with Gasteiger partial charge in [-0.25, -0.2) is 4.98 Å². The lowest BCUT2D eigenvalue weighted by Crippen LogP contribution is -2.43. The lowest BCUT2D eigenvalue weighted by atomic mass is 10.1. The number of nitrogens with zero attached hydrogens (tertiary/aromatic N) is 2. The first-order valence-corrected chi connectivity index (χ1v) is 6.16. The second-order valence-corrected chi connectivity index (χ2v) is 6.24. The van der Waals surface area contributed by atoms with Gasteiger partial charge >= 0.3 is 0 Å². The molecule has 1 aliphatic rings. The Balaban J connectivity index is 2.21. The van der Waals surface area contributed by atoms with E-state index in [2.05, 4.69) is 29.8 Å². The van der Waals surface area contributed by atoms with Crippen LogP contribution in [0.5, 0.6) is 0 Å². The SMILES string of the molecule is CC1(C)CN(c2cccnc2N)CCS1. The standard InChI is InChI=1S/C11H17N3S/c1-11(2)8-14(6-7-15-11)9-4-3-5-13-10(9)12/h3-5H,6-8H2,1-2H3,(H2,12,13). The maximum atomic E-state index is 5.88. The molecule has 3 nitrogen and oxygen atoms in total. The minimum atomic E-state index is 0.306. The summed E-state index contributed by atoms with van der Waals surface area (Å²) in [5, 5.41) is 0. The van der Waals surface area contributed by atoms with E-state index in [4.69, 9.17) is 5.73 Å². The van der Waals surface area contributed by atoms with Crippen LogP contribution in [-0.4, -0.2) is 28.6 Å². The van der Waals surface area contributed by atoms with Crippen molar-refractivity contribution in [1.29, 1.82) is 0 Å². The quantitative estimate of drug-likeness (QED) is 0.790. The maximum Gasteiger partial charge on any atom is 0.146 e. The Morgan fingerprint density at radius 3 is 3.00 bits per heavy atom. The predicted molar refractivity (Wildman–Crippen MR) is 67.4 cm³/mol. The fourth-order valence-corrected chi connectivity index (χ4v) is 3.01. The van der Waals surface area contributed by atoms with Gasteiger partial charge in [-0.15, -0.1) is 0 Å². The second kappa shape index (κ2) is 3.93. The second-order valence-electron chi connectivity index (χ2n) is 4.44. The summed E-state index contributed by atoms with van der Waals surface area (Å²) in [6.45, 7) is 6.64. The van der Waals surface area contributed by atoms with Crippen LogP contribution in [-0.2, 0) is 0 Å². The van der Waals surface area contributed by atoms with Gasteiger partial charge in [-0.05, 0) is 26.0 Å². The molecule has 0 amide bonds. The van der Waals surface area contributed by atoms with Crippen LogP contribution in [0.3, 0.4) is 0 Å². The monoisotopic (exact) mass is 223 g/mol. The highest BCUT2D eigenvalue weighted by molar-refractivity contribution is 8.00. The summed E-state index contributed by atoms with van der Waals surface area (Å²) in [5.74, 6) is 1.79. The number of rotatable bonds is 1. The molecule has 0 radical (unpaired) electrons. The van der Waals surface area contributed by atoms with Crippen LogP contribution in [0.25, 0.3) is 0 Å². The molecular formula is C11H17N3S. The largest absolute Gasteiger partial charge is 0.382 e. The predicted octanol–water partition coefficient (Wildman–Crippen LogP) is 2.00. The topological polar surface area (TPSA) is 42.2 Å². The summed E-state index contributed by atoms with van der Waals surface area (Å²) in [4.78, 5) is 6.46. The molecule has 0 saturated carbocycles. The summed E-state index contributed by atoms with van der Waals surface area (Å²) in [6, 6.07) is 3.99. The van der Waals surface area contributed by atoms with Crippen molar-refractivity contribution < 1.29 is 0 Å². The zero-order chi connectivity index (χ0) is 10.9. The van der Waals surface area contributed by atoms with E-state index in [9.17, 15) is 0 Å². The van der Waals surface area contributed by atoms with Crippen molar-refractivity contribution in [2.24, 2.45) is 0 Å². The number of nitrogens with two attached hydrogens (primary N) is 1. The highest BCUT2D eigenvalue weighted by atomic mass is 32.2. The molecule has 0 unspecified atom stereocenters. The van der Waals surface area contributed by atoms with E-state index in [0.29, 0.717) is 10.6 Å². The van der Waals surface area contributed by atoms with Crippen LogP contribution in [0.4, 0.5) is 11.5 Å². The minimum Gasteiger partial charge on any atom is -0.382 e. The van der Waals surface area contributed by atoms with Crippen LogP contribution >= 0.6 is 11.8 Å². The number of hydrogen-bond acceptors (Lipinski definition) is 4. The van der Waals surface area contributed by atoms with Gasteiger partial charge in [0, 0.05) is 29.8 Å². The highest BCUT2D eigenvalue weighted by Crippen LogP contribution is 2.33. The Labute approximate surface area is 95.1 Å². The van der Waals surface area contributed by atoms with Crippen LogP contribution in [0.15, 0.2) is 18.3 Å². The summed E-state index contributed by atoms with van der Waals surface area (Å²) in [7, 11) is 0. The summed E-state index contributed by atoms with van der Waals surface area (Å²) < 4.78 is 0.306. The van der Waals surface area contributed by atoms with Crippen molar-refractivity contribution in [2.75, 3.05) is 29.5 Å². The number of anilines is 2. The number of aromatic nitrogens is 1. The number of thioether (sulfide) groups is 1. The molecule has 1 aromatic rings. The van der Waals surface area contributed by atoms with Gasteiger partial charge in [0.05, 0.1) is 5.69 Å². The Morgan fingerprint density at radius 2 is 2.33 bits per heavy atom.